The van der Waals surface area contributed by atoms with Gasteiger partial charge in [-0.2, -0.15) is 13.2 Å². The molecule has 1 unspecified atom stereocenters. The molecule has 8 heteroatoms. The highest BCUT2D eigenvalue weighted by atomic mass is 35.5. The molecule has 0 fully saturated rings. The molecular formula is C7H5ClF3NO2S. The summed E-state index contributed by atoms with van der Waals surface area (Å²) in [6.45, 7) is 0. The molecule has 0 bridgehead atoms. The summed E-state index contributed by atoms with van der Waals surface area (Å²) in [5.74, 6) is -3.61. The van der Waals surface area contributed by atoms with E-state index in [1.807, 2.05) is 0 Å². The van der Waals surface area contributed by atoms with Gasteiger partial charge in [0.05, 0.1) is 12.6 Å². The highest BCUT2D eigenvalue weighted by Gasteiger charge is 2.43. The Balaban J connectivity index is 2.96. The van der Waals surface area contributed by atoms with Gasteiger partial charge in [0.15, 0.2) is 0 Å². The summed E-state index contributed by atoms with van der Waals surface area (Å²) in [6.07, 6.45) is -4.59. The molecule has 0 aliphatic heterocycles. The predicted octanol–water partition coefficient (Wildman–Crippen LogP) is 2.92. The van der Waals surface area contributed by atoms with Crippen molar-refractivity contribution < 1.29 is 23.1 Å². The van der Waals surface area contributed by atoms with Gasteiger partial charge in [0.25, 0.3) is 0 Å². The lowest BCUT2D eigenvalue weighted by Crippen LogP contribution is -2.23. The first kappa shape index (κ1) is 12.3. The fraction of sp³-hybridized carbons (Fsp3) is 0.429. The van der Waals surface area contributed by atoms with Crippen LogP contribution in [0.3, 0.4) is 0 Å². The van der Waals surface area contributed by atoms with Crippen molar-refractivity contribution in [3.05, 3.63) is 15.5 Å². The van der Waals surface area contributed by atoms with Crippen molar-refractivity contribution in [3.8, 4) is 0 Å². The number of carboxylic acid groups (broad SMARTS) is 1. The quantitative estimate of drug-likeness (QED) is 0.908. The standard InChI is InChI=1S/C7H5ClF3NO2S/c8-4-2-12-6(15-4)3(1-5(13)14)7(9,10)11/h2-3H,1H2,(H,13,14). The van der Waals surface area contributed by atoms with E-state index >= 15 is 0 Å². The Morgan fingerprint density at radius 2 is 2.27 bits per heavy atom. The van der Waals surface area contributed by atoms with Crippen LogP contribution < -0.4 is 0 Å². The average molecular weight is 260 g/mol. The summed E-state index contributed by atoms with van der Waals surface area (Å²) >= 11 is 6.07. The first-order valence-corrected chi connectivity index (χ1v) is 4.90. The molecule has 0 radical (unpaired) electrons. The van der Waals surface area contributed by atoms with Crippen molar-refractivity contribution in [1.29, 1.82) is 0 Å². The number of halogens is 4. The topological polar surface area (TPSA) is 50.2 Å². The van der Waals surface area contributed by atoms with Crippen LogP contribution in [0.2, 0.25) is 4.34 Å². The zero-order valence-corrected chi connectivity index (χ0v) is 8.66. The maximum atomic E-state index is 12.4. The number of thiazole rings is 1. The first-order chi connectivity index (χ1) is 6.80. The first-order valence-electron chi connectivity index (χ1n) is 3.70. The van der Waals surface area contributed by atoms with Gasteiger partial charge in [-0.25, -0.2) is 4.98 Å². The van der Waals surface area contributed by atoms with Gasteiger partial charge in [-0.05, 0) is 0 Å². The minimum atomic E-state index is -4.63. The van der Waals surface area contributed by atoms with Gasteiger partial charge < -0.3 is 5.11 Å². The van der Waals surface area contributed by atoms with E-state index in [0.717, 1.165) is 6.20 Å². The molecule has 1 aromatic rings. The second kappa shape index (κ2) is 4.36. The lowest BCUT2D eigenvalue weighted by Gasteiger charge is -2.15. The highest BCUT2D eigenvalue weighted by molar-refractivity contribution is 7.15. The van der Waals surface area contributed by atoms with Gasteiger partial charge in [0.2, 0.25) is 0 Å². The minimum Gasteiger partial charge on any atom is -0.481 e. The SMILES string of the molecule is O=C(O)CC(c1ncc(Cl)s1)C(F)(F)F. The average Bonchev–Trinajstić information content (AvgIpc) is 2.45. The molecule has 0 saturated carbocycles. The number of carbonyl (C=O) groups is 1. The van der Waals surface area contributed by atoms with Crippen LogP contribution in [0.25, 0.3) is 0 Å². The molecular weight excluding hydrogens is 255 g/mol. The van der Waals surface area contributed by atoms with Crippen LogP contribution in [0.4, 0.5) is 13.2 Å². The Bertz CT molecular complexity index is 365. The number of aliphatic carboxylic acids is 1. The third-order valence-electron chi connectivity index (χ3n) is 1.57. The Kier molecular flexibility index (Phi) is 3.56. The molecule has 0 amide bonds. The molecule has 1 heterocycles. The summed E-state index contributed by atoms with van der Waals surface area (Å²) in [6, 6.07) is 0. The number of carboxylic acids is 1. The second-order valence-corrected chi connectivity index (χ2v) is 4.39. The molecule has 84 valence electrons. The van der Waals surface area contributed by atoms with Gasteiger partial charge in [-0.3, -0.25) is 4.79 Å². The van der Waals surface area contributed by atoms with E-state index in [4.69, 9.17) is 16.7 Å². The summed E-state index contributed by atoms with van der Waals surface area (Å²) in [5.41, 5.74) is 0. The van der Waals surface area contributed by atoms with E-state index in [1.54, 1.807) is 0 Å². The van der Waals surface area contributed by atoms with Crippen LogP contribution in [-0.4, -0.2) is 22.2 Å². The third kappa shape index (κ3) is 3.35. The zero-order chi connectivity index (χ0) is 11.6. The van der Waals surface area contributed by atoms with Crippen LogP contribution in [0, 0.1) is 0 Å². The molecule has 1 atom stereocenters. The molecule has 1 aromatic heterocycles. The Morgan fingerprint density at radius 3 is 2.60 bits per heavy atom. The number of alkyl halides is 3. The number of nitrogens with zero attached hydrogens (tertiary/aromatic N) is 1. The molecule has 15 heavy (non-hydrogen) atoms. The van der Waals surface area contributed by atoms with Crippen molar-refractivity contribution in [2.24, 2.45) is 0 Å². The van der Waals surface area contributed by atoms with Crippen molar-refractivity contribution in [3.63, 3.8) is 0 Å². The smallest absolute Gasteiger partial charge is 0.398 e. The van der Waals surface area contributed by atoms with E-state index in [2.05, 4.69) is 4.98 Å². The maximum absolute atomic E-state index is 12.4. The van der Waals surface area contributed by atoms with Crippen LogP contribution in [0.15, 0.2) is 6.20 Å². The van der Waals surface area contributed by atoms with Crippen molar-refractivity contribution in [2.75, 3.05) is 0 Å². The molecule has 0 aromatic carbocycles. The predicted molar refractivity (Wildman–Crippen MR) is 48.2 cm³/mol. The van der Waals surface area contributed by atoms with Crippen LogP contribution >= 0.6 is 22.9 Å². The van der Waals surface area contributed by atoms with E-state index in [0.29, 0.717) is 11.3 Å². The van der Waals surface area contributed by atoms with Crippen molar-refractivity contribution in [2.45, 2.75) is 18.5 Å². The normalized spacial score (nSPS) is 13.9. The number of hydrogen-bond acceptors (Lipinski definition) is 3. The van der Waals surface area contributed by atoms with Gasteiger partial charge in [-0.1, -0.05) is 11.6 Å². The molecule has 3 nitrogen and oxygen atoms in total. The fourth-order valence-electron chi connectivity index (χ4n) is 0.946. The summed E-state index contributed by atoms with van der Waals surface area (Å²) in [5, 5.41) is 8.04. The Morgan fingerprint density at radius 1 is 1.67 bits per heavy atom. The van der Waals surface area contributed by atoms with Crippen LogP contribution in [-0.2, 0) is 4.79 Å². The monoisotopic (exact) mass is 259 g/mol. The molecule has 0 aliphatic carbocycles. The Labute approximate surface area is 91.5 Å². The third-order valence-corrected chi connectivity index (χ3v) is 2.80. The summed E-state index contributed by atoms with van der Waals surface area (Å²) in [4.78, 5) is 13.7. The summed E-state index contributed by atoms with van der Waals surface area (Å²) < 4.78 is 37.4. The van der Waals surface area contributed by atoms with E-state index in [1.165, 1.54) is 0 Å². The lowest BCUT2D eigenvalue weighted by atomic mass is 10.1. The summed E-state index contributed by atoms with van der Waals surface area (Å²) in [7, 11) is 0. The van der Waals surface area contributed by atoms with Gasteiger partial charge >= 0.3 is 12.1 Å². The maximum Gasteiger partial charge on any atom is 0.398 e. The van der Waals surface area contributed by atoms with E-state index in [-0.39, 0.29) is 9.34 Å². The fourth-order valence-corrected chi connectivity index (χ4v) is 2.00. The lowest BCUT2D eigenvalue weighted by molar-refractivity contribution is -0.163. The number of rotatable bonds is 3. The van der Waals surface area contributed by atoms with Crippen LogP contribution in [0.5, 0.6) is 0 Å². The zero-order valence-electron chi connectivity index (χ0n) is 7.08. The number of aromatic nitrogens is 1. The largest absolute Gasteiger partial charge is 0.481 e. The van der Waals surface area contributed by atoms with E-state index < -0.39 is 24.5 Å². The molecule has 0 spiro atoms. The van der Waals surface area contributed by atoms with Gasteiger partial charge in [-0.15, -0.1) is 11.3 Å². The molecule has 0 aliphatic rings. The van der Waals surface area contributed by atoms with Crippen molar-refractivity contribution in [1.82, 2.24) is 4.98 Å². The second-order valence-electron chi connectivity index (χ2n) is 2.69. The Hall–Kier alpha value is -0.820. The van der Waals surface area contributed by atoms with Crippen LogP contribution in [0.1, 0.15) is 17.3 Å². The van der Waals surface area contributed by atoms with Gasteiger partial charge in [0.1, 0.15) is 15.3 Å². The molecule has 1 N–H and O–H groups in total. The minimum absolute atomic E-state index is 0.102. The van der Waals surface area contributed by atoms with Crippen molar-refractivity contribution >= 4 is 28.9 Å². The molecule has 1 rings (SSSR count). The number of hydrogen-bond donors (Lipinski definition) is 1. The van der Waals surface area contributed by atoms with Gasteiger partial charge in [0, 0.05) is 0 Å². The molecule has 0 saturated heterocycles. The van der Waals surface area contributed by atoms with E-state index in [9.17, 15) is 18.0 Å². The highest BCUT2D eigenvalue weighted by Crippen LogP contribution is 2.39.